The molecule has 0 spiro atoms. The molecule has 1 aromatic heterocycles. The summed E-state index contributed by atoms with van der Waals surface area (Å²) in [5.41, 5.74) is 0.979. The number of aromatic nitrogens is 2. The van der Waals surface area contributed by atoms with E-state index in [1.165, 1.54) is 19.4 Å². The molecule has 1 fully saturated rings. The number of nitrogens with one attached hydrogen (secondary N) is 5. The molecule has 0 saturated carbocycles. The van der Waals surface area contributed by atoms with Crippen LogP contribution in [0.4, 0.5) is 0 Å². The van der Waals surface area contributed by atoms with Crippen molar-refractivity contribution in [3.63, 3.8) is 0 Å². The van der Waals surface area contributed by atoms with Crippen molar-refractivity contribution in [2.45, 2.75) is 82.5 Å². The minimum atomic E-state index is -1.68. The first kappa shape index (κ1) is 73.5. The molecule has 87 heavy (non-hydrogen) atoms. The topological polar surface area (TPSA) is 452 Å². The Kier molecular flexibility index (Phi) is 34.3. The van der Waals surface area contributed by atoms with Crippen molar-refractivity contribution in [3.05, 3.63) is 54.1 Å². The van der Waals surface area contributed by atoms with E-state index >= 15 is 0 Å². The lowest BCUT2D eigenvalue weighted by Gasteiger charge is -2.35. The van der Waals surface area contributed by atoms with Crippen molar-refractivity contribution in [1.82, 2.24) is 50.8 Å². The number of H-pyrrole nitrogens is 1. The highest BCUT2D eigenvalue weighted by atomic mass is 16.5. The number of imidazole rings is 1. The van der Waals surface area contributed by atoms with Gasteiger partial charge in [-0.3, -0.25) is 67.5 Å². The molecular formula is C56H82N10O21. The Morgan fingerprint density at radius 2 is 1.20 bits per heavy atom. The zero-order valence-electron chi connectivity index (χ0n) is 48.7. The summed E-state index contributed by atoms with van der Waals surface area (Å²) in [6.45, 7) is 0.812. The van der Waals surface area contributed by atoms with Gasteiger partial charge in [0.1, 0.15) is 37.3 Å². The first-order chi connectivity index (χ1) is 41.6. The Morgan fingerprint density at radius 1 is 0.632 bits per heavy atom. The first-order valence-corrected chi connectivity index (χ1v) is 28.4. The third-order valence-electron chi connectivity index (χ3n) is 14.2. The van der Waals surface area contributed by atoms with Gasteiger partial charge in [0.05, 0.1) is 83.3 Å². The summed E-state index contributed by atoms with van der Waals surface area (Å²) in [5.74, 6) is -14.6. The van der Waals surface area contributed by atoms with Crippen LogP contribution in [0, 0.1) is 17.8 Å². The molecule has 1 unspecified atom stereocenters. The van der Waals surface area contributed by atoms with Gasteiger partial charge in [0.25, 0.3) is 0 Å². The zero-order chi connectivity index (χ0) is 64.3. The standard InChI is InChI=1S/C56H82N10O21/c1-37(47(72)28-40(26-42-31-57-36-59-42)54(81)61-44(33-69)48(73)29-39(25-38-5-3-2-4-6-38)53(80)62-45(34-70)55(82)83)60-52(79)41(30-50(75)76)27-43(71)35-87-24-23-86-22-9-58-49(74)8-7-46(56(84)85)66-16-14-64(19-21-68)11-10-63(18-20-67)12-13-65(15-17-66)32-51(77)78/h2-6,20-21,31,36-37,39-41,44-46,69-70H,7-19,22-30,32-35H2,1H3,(H,57,59)(H,58,74)(H,60,79)(H,61,81)(H,62,80)(H,75,76)(H,77,78)(H,82,83)(H,84,85)/t37-,39+,40+,41-,44-,45-,46?/m0/s1. The molecule has 11 N–H and O–H groups in total. The number of carboxylic acid groups (broad SMARTS) is 4. The highest BCUT2D eigenvalue weighted by Crippen LogP contribution is 2.19. The van der Waals surface area contributed by atoms with Crippen molar-refractivity contribution >= 4 is 77.4 Å². The van der Waals surface area contributed by atoms with E-state index in [1.54, 1.807) is 40.1 Å². The number of rotatable bonds is 42. The number of benzene rings is 1. The molecular weight excluding hydrogens is 1150 g/mol. The second-order valence-corrected chi connectivity index (χ2v) is 20.8. The van der Waals surface area contributed by atoms with Gasteiger partial charge in [0.2, 0.25) is 23.6 Å². The predicted octanol–water partition coefficient (Wildman–Crippen LogP) is -3.97. The van der Waals surface area contributed by atoms with Crippen LogP contribution in [-0.2, 0) is 84.6 Å². The van der Waals surface area contributed by atoms with E-state index < -0.39 is 152 Å². The molecule has 3 rings (SSSR count). The molecule has 0 radical (unpaired) electrons. The smallest absolute Gasteiger partial charge is 0.328 e. The third-order valence-corrected chi connectivity index (χ3v) is 14.2. The Labute approximate surface area is 501 Å². The van der Waals surface area contributed by atoms with Gasteiger partial charge in [-0.05, 0) is 25.3 Å². The molecule has 1 aliphatic rings. The Balaban J connectivity index is 1.50. The number of nitrogens with zero attached hydrogens (tertiary/aromatic N) is 5. The maximum absolute atomic E-state index is 13.8. The molecule has 1 saturated heterocycles. The number of amides is 4. The number of carboxylic acids is 4. The summed E-state index contributed by atoms with van der Waals surface area (Å²) in [7, 11) is 0. The van der Waals surface area contributed by atoms with Gasteiger partial charge in [0.15, 0.2) is 17.3 Å². The monoisotopic (exact) mass is 1230 g/mol. The number of aromatic amines is 1. The van der Waals surface area contributed by atoms with E-state index in [1.807, 2.05) is 9.80 Å². The van der Waals surface area contributed by atoms with Gasteiger partial charge in [-0.1, -0.05) is 30.3 Å². The molecule has 1 aliphatic heterocycles. The molecule has 4 amide bonds. The van der Waals surface area contributed by atoms with E-state index in [0.29, 0.717) is 30.9 Å². The van der Waals surface area contributed by atoms with Crippen LogP contribution in [0.1, 0.15) is 56.7 Å². The van der Waals surface area contributed by atoms with Crippen LogP contribution in [0.2, 0.25) is 0 Å². The number of aldehydes is 2. The Hall–Kier alpha value is -7.78. The van der Waals surface area contributed by atoms with E-state index in [9.17, 15) is 93.0 Å². The van der Waals surface area contributed by atoms with Crippen LogP contribution in [0.5, 0.6) is 0 Å². The summed E-state index contributed by atoms with van der Waals surface area (Å²) < 4.78 is 10.8. The largest absolute Gasteiger partial charge is 0.481 e. The van der Waals surface area contributed by atoms with Crippen LogP contribution < -0.4 is 21.3 Å². The SMILES string of the molecule is C[C@H](NC(=O)[C@H](CC(=O)O)CC(=O)COCCOCCNC(=O)CCC(C(=O)O)N1CCN(CC=O)CCN(CC=O)CCN(CC(=O)O)CC1)C(=O)C[C@@H](Cc1cnc[nH]1)C(=O)N[C@@H](CO)C(=O)C[C@@H](Cc1ccccc1)C(=O)N[C@@H](CO)C(=O)O. The minimum absolute atomic E-state index is 0.00733. The number of hydrogen-bond acceptors (Lipinski definition) is 22. The lowest BCUT2D eigenvalue weighted by molar-refractivity contribution is -0.145. The number of carbonyl (C=O) groups is 13. The Bertz CT molecular complexity index is 2560. The summed E-state index contributed by atoms with van der Waals surface area (Å²) in [5, 5.41) is 68.2. The van der Waals surface area contributed by atoms with E-state index in [0.717, 1.165) is 12.6 Å². The molecule has 7 atom stereocenters. The second-order valence-electron chi connectivity index (χ2n) is 20.8. The average Bonchev–Trinajstić information content (AvgIpc) is 4.09. The van der Waals surface area contributed by atoms with E-state index in [4.69, 9.17) is 9.47 Å². The van der Waals surface area contributed by atoms with Gasteiger partial charge in [-0.25, -0.2) is 9.78 Å². The molecule has 0 aliphatic carbocycles. The van der Waals surface area contributed by atoms with Crippen molar-refractivity contribution in [3.8, 4) is 0 Å². The molecule has 1 aromatic carbocycles. The number of aliphatic carboxylic acids is 4. The van der Waals surface area contributed by atoms with Crippen LogP contribution in [0.3, 0.4) is 0 Å². The molecule has 31 nitrogen and oxygen atoms in total. The summed E-state index contributed by atoms with van der Waals surface area (Å²) >= 11 is 0. The number of carbonyl (C=O) groups excluding carboxylic acids is 9. The molecule has 0 bridgehead atoms. The number of hydrogen-bond donors (Lipinski definition) is 11. The van der Waals surface area contributed by atoms with Crippen LogP contribution in [-0.4, -0.2) is 280 Å². The van der Waals surface area contributed by atoms with Crippen LogP contribution >= 0.6 is 0 Å². The summed E-state index contributed by atoms with van der Waals surface area (Å²) in [4.78, 5) is 178. The maximum Gasteiger partial charge on any atom is 0.328 e. The summed E-state index contributed by atoms with van der Waals surface area (Å²) in [6.07, 6.45) is 1.09. The van der Waals surface area contributed by atoms with Crippen molar-refractivity contribution in [2.24, 2.45) is 17.8 Å². The molecule has 2 heterocycles. The fourth-order valence-corrected chi connectivity index (χ4v) is 9.36. The van der Waals surface area contributed by atoms with Gasteiger partial charge >= 0.3 is 23.9 Å². The average molecular weight is 1230 g/mol. The molecule has 482 valence electrons. The number of Topliss-reactive ketones (excluding diaryl/α,β-unsaturated/α-hetero) is 3. The fraction of sp³-hybridized carbons (Fsp3) is 0.607. The second kappa shape index (κ2) is 40.6. The number of ketones is 3. The van der Waals surface area contributed by atoms with Gasteiger partial charge in [-0.2, -0.15) is 0 Å². The highest BCUT2D eigenvalue weighted by molar-refractivity contribution is 5.97. The third kappa shape index (κ3) is 29.0. The van der Waals surface area contributed by atoms with E-state index in [-0.39, 0.29) is 104 Å². The van der Waals surface area contributed by atoms with Gasteiger partial charge in [-0.15, -0.1) is 0 Å². The Morgan fingerprint density at radius 3 is 1.76 bits per heavy atom. The normalized spacial score (nSPS) is 16.4. The lowest BCUT2D eigenvalue weighted by atomic mass is 9.90. The summed E-state index contributed by atoms with van der Waals surface area (Å²) in [6, 6.07) is 2.64. The minimum Gasteiger partial charge on any atom is -0.481 e. The number of aliphatic hydroxyl groups excluding tert-OH is 2. The van der Waals surface area contributed by atoms with Gasteiger partial charge < -0.3 is 76.0 Å². The quantitative estimate of drug-likeness (QED) is 0.0223. The van der Waals surface area contributed by atoms with Gasteiger partial charge in [0, 0.05) is 109 Å². The zero-order valence-corrected chi connectivity index (χ0v) is 48.7. The highest BCUT2D eigenvalue weighted by Gasteiger charge is 2.35. The lowest BCUT2D eigenvalue weighted by Crippen LogP contribution is -2.51. The van der Waals surface area contributed by atoms with Crippen molar-refractivity contribution in [1.29, 1.82) is 0 Å². The molecule has 2 aromatic rings. The van der Waals surface area contributed by atoms with Crippen LogP contribution in [0.15, 0.2) is 42.9 Å². The van der Waals surface area contributed by atoms with Crippen molar-refractivity contribution in [2.75, 3.05) is 118 Å². The number of ether oxygens (including phenoxy) is 2. The van der Waals surface area contributed by atoms with Crippen molar-refractivity contribution < 1.29 is 102 Å². The fourth-order valence-electron chi connectivity index (χ4n) is 9.36. The number of aliphatic hydroxyl groups is 2. The maximum atomic E-state index is 13.8. The predicted molar refractivity (Wildman–Crippen MR) is 303 cm³/mol. The first-order valence-electron chi connectivity index (χ1n) is 28.4. The molecule has 31 heteroatoms. The van der Waals surface area contributed by atoms with E-state index in [2.05, 4.69) is 31.2 Å². The van der Waals surface area contributed by atoms with Crippen LogP contribution in [0.25, 0.3) is 0 Å².